The Morgan fingerprint density at radius 3 is 2.53 bits per heavy atom. The van der Waals surface area contributed by atoms with Crippen LogP contribution in [0.3, 0.4) is 0 Å². The van der Waals surface area contributed by atoms with Gasteiger partial charge in [-0.05, 0) is 47.9 Å². The second-order valence-corrected chi connectivity index (χ2v) is 7.24. The molecule has 0 aromatic heterocycles. The molecule has 2 unspecified atom stereocenters. The number of non-ortho nitro benzene ring substituents is 1. The number of carbonyl (C=O) groups is 1. The van der Waals surface area contributed by atoms with Crippen LogP contribution in [0.2, 0.25) is 0 Å². The maximum atomic E-state index is 13.4. The molecule has 2 aromatic rings. The first-order valence-corrected chi connectivity index (χ1v) is 9.59. The topological polar surface area (TPSA) is 86.9 Å². The zero-order chi connectivity index (χ0) is 21.3. The van der Waals surface area contributed by atoms with Gasteiger partial charge in [-0.15, -0.1) is 0 Å². The van der Waals surface area contributed by atoms with E-state index in [4.69, 9.17) is 0 Å². The van der Waals surface area contributed by atoms with Crippen molar-refractivity contribution in [3.8, 4) is 0 Å². The first-order valence-electron chi connectivity index (χ1n) is 9.59. The van der Waals surface area contributed by atoms with Crippen molar-refractivity contribution in [3.63, 3.8) is 0 Å². The van der Waals surface area contributed by atoms with E-state index in [2.05, 4.69) is 17.5 Å². The lowest BCUT2D eigenvalue weighted by Crippen LogP contribution is -2.42. The number of hydrogen-bond donors (Lipinski definition) is 1. The highest BCUT2D eigenvalue weighted by atomic mass is 16.6. The molecule has 1 N–H and O–H groups in total. The number of anilines is 1. The van der Waals surface area contributed by atoms with Gasteiger partial charge in [0.25, 0.3) is 5.69 Å². The summed E-state index contributed by atoms with van der Waals surface area (Å²) in [5.41, 5.74) is 2.90. The van der Waals surface area contributed by atoms with Gasteiger partial charge in [0.15, 0.2) is 0 Å². The molecule has 2 heterocycles. The second-order valence-electron chi connectivity index (χ2n) is 7.24. The molecular formula is C23H21N3O4. The van der Waals surface area contributed by atoms with Crippen LogP contribution < -0.4 is 4.90 Å². The van der Waals surface area contributed by atoms with E-state index in [1.165, 1.54) is 29.8 Å². The van der Waals surface area contributed by atoms with Crippen molar-refractivity contribution in [3.05, 3.63) is 106 Å². The number of nitrogens with zero attached hydrogens (tertiary/aromatic N) is 3. The van der Waals surface area contributed by atoms with Crippen LogP contribution in [0.5, 0.6) is 0 Å². The molecule has 0 radical (unpaired) electrons. The molecule has 1 fully saturated rings. The summed E-state index contributed by atoms with van der Waals surface area (Å²) < 4.78 is 0. The fraction of sp³-hybridized carbons (Fsp3) is 0.174. The van der Waals surface area contributed by atoms with E-state index >= 15 is 0 Å². The lowest BCUT2D eigenvalue weighted by molar-refractivity contribution is -0.384. The van der Waals surface area contributed by atoms with E-state index in [-0.39, 0.29) is 29.6 Å². The number of hydrogen-bond acceptors (Lipinski definition) is 5. The first kappa shape index (κ1) is 19.6. The predicted octanol–water partition coefficient (Wildman–Crippen LogP) is 3.88. The van der Waals surface area contributed by atoms with Gasteiger partial charge < -0.3 is 5.11 Å². The Bertz CT molecular complexity index is 1060. The predicted molar refractivity (Wildman–Crippen MR) is 114 cm³/mol. The van der Waals surface area contributed by atoms with E-state index in [0.717, 1.165) is 5.56 Å². The van der Waals surface area contributed by atoms with E-state index in [1.54, 1.807) is 23.1 Å². The molecule has 30 heavy (non-hydrogen) atoms. The number of nitro groups is 1. The average Bonchev–Trinajstić information content (AvgIpc) is 3.03. The fourth-order valence-corrected chi connectivity index (χ4v) is 4.02. The molecule has 0 bridgehead atoms. The van der Waals surface area contributed by atoms with Crippen LogP contribution in [0.15, 0.2) is 85.2 Å². The smallest absolute Gasteiger partial charge is 0.269 e. The van der Waals surface area contributed by atoms with E-state index < -0.39 is 4.92 Å². The van der Waals surface area contributed by atoms with Gasteiger partial charge in [0.05, 0.1) is 11.0 Å². The molecule has 2 aliphatic rings. The third kappa shape index (κ3) is 3.51. The van der Waals surface area contributed by atoms with Crippen LogP contribution in [-0.2, 0) is 17.8 Å². The summed E-state index contributed by atoms with van der Waals surface area (Å²) in [5, 5.41) is 20.6. The van der Waals surface area contributed by atoms with Gasteiger partial charge in [0.2, 0.25) is 5.91 Å². The van der Waals surface area contributed by atoms with Gasteiger partial charge in [-0.25, -0.2) is 0 Å². The molecule has 2 aliphatic heterocycles. The van der Waals surface area contributed by atoms with Crippen LogP contribution >= 0.6 is 0 Å². The van der Waals surface area contributed by atoms with Crippen LogP contribution in [0.25, 0.3) is 0 Å². The molecule has 0 spiro atoms. The summed E-state index contributed by atoms with van der Waals surface area (Å²) in [7, 11) is 0. The molecular weight excluding hydrogens is 382 g/mol. The summed E-state index contributed by atoms with van der Waals surface area (Å²) in [6, 6.07) is 13.8. The molecule has 1 amide bonds. The second kappa shape index (κ2) is 7.96. The van der Waals surface area contributed by atoms with E-state index in [9.17, 15) is 20.0 Å². The van der Waals surface area contributed by atoms with Crippen molar-refractivity contribution in [1.29, 1.82) is 0 Å². The van der Waals surface area contributed by atoms with Crippen LogP contribution in [-0.4, -0.2) is 33.0 Å². The Kier molecular flexibility index (Phi) is 5.20. The number of allylic oxidation sites excluding steroid dienone is 3. The number of nitro benzene ring substituents is 1. The monoisotopic (exact) mass is 403 g/mol. The minimum absolute atomic E-state index is 0.0259. The maximum absolute atomic E-state index is 13.4. The first-order chi connectivity index (χ1) is 14.5. The van der Waals surface area contributed by atoms with E-state index in [0.29, 0.717) is 18.7 Å². The van der Waals surface area contributed by atoms with Crippen molar-refractivity contribution in [2.75, 3.05) is 4.90 Å². The third-order valence-electron chi connectivity index (χ3n) is 5.51. The largest absolute Gasteiger partial charge is 0.508 e. The van der Waals surface area contributed by atoms with Gasteiger partial charge in [0.1, 0.15) is 11.9 Å². The normalized spacial score (nSPS) is 21.5. The van der Waals surface area contributed by atoms with Gasteiger partial charge in [-0.1, -0.05) is 36.9 Å². The Balaban J connectivity index is 1.73. The molecule has 0 aliphatic carbocycles. The molecule has 7 heteroatoms. The number of rotatable bonds is 5. The maximum Gasteiger partial charge on any atom is 0.269 e. The Morgan fingerprint density at radius 1 is 1.17 bits per heavy atom. The Labute approximate surface area is 174 Å². The highest BCUT2D eigenvalue weighted by Gasteiger charge is 2.47. The van der Waals surface area contributed by atoms with Gasteiger partial charge in [-0.2, -0.15) is 0 Å². The Morgan fingerprint density at radius 2 is 1.87 bits per heavy atom. The van der Waals surface area contributed by atoms with Gasteiger partial charge in [0, 0.05) is 24.4 Å². The number of benzene rings is 2. The summed E-state index contributed by atoms with van der Waals surface area (Å²) in [6.45, 7) is 4.13. The number of amides is 1. The summed E-state index contributed by atoms with van der Waals surface area (Å²) in [4.78, 5) is 27.7. The molecule has 152 valence electrons. The van der Waals surface area contributed by atoms with Crippen LogP contribution in [0.4, 0.5) is 11.4 Å². The summed E-state index contributed by atoms with van der Waals surface area (Å²) in [6.07, 6.45) is 6.60. The summed E-state index contributed by atoms with van der Waals surface area (Å²) >= 11 is 0. The van der Waals surface area contributed by atoms with Crippen LogP contribution in [0, 0.1) is 10.1 Å². The molecule has 0 saturated carbocycles. The third-order valence-corrected chi connectivity index (χ3v) is 5.51. The molecule has 4 rings (SSSR count). The van der Waals surface area contributed by atoms with Crippen LogP contribution in [0.1, 0.15) is 11.1 Å². The number of aliphatic hydroxyl groups excluding tert-OH is 1. The highest BCUT2D eigenvalue weighted by Crippen LogP contribution is 2.36. The van der Waals surface area contributed by atoms with Gasteiger partial charge >= 0.3 is 0 Å². The zero-order valence-corrected chi connectivity index (χ0v) is 16.2. The quantitative estimate of drug-likeness (QED) is 0.354. The highest BCUT2D eigenvalue weighted by molar-refractivity contribution is 6.00. The molecule has 2 atom stereocenters. The zero-order valence-electron chi connectivity index (χ0n) is 16.2. The molecule has 7 nitrogen and oxygen atoms in total. The van der Waals surface area contributed by atoms with Gasteiger partial charge in [-0.3, -0.25) is 24.7 Å². The lowest BCUT2D eigenvalue weighted by Gasteiger charge is -2.33. The van der Waals surface area contributed by atoms with Crippen molar-refractivity contribution in [2.24, 2.45) is 0 Å². The molecule has 1 saturated heterocycles. The van der Waals surface area contributed by atoms with Crippen molar-refractivity contribution in [2.45, 2.75) is 25.2 Å². The summed E-state index contributed by atoms with van der Waals surface area (Å²) in [5.74, 6) is -0.0251. The van der Waals surface area contributed by atoms with Crippen molar-refractivity contribution >= 4 is 17.3 Å². The number of aliphatic hydroxyl groups is 1. The van der Waals surface area contributed by atoms with E-state index in [1.807, 2.05) is 24.3 Å². The SMILES string of the molecule is C=C/C(O)=C\C=CC1N(c2ccc([N+](=O)[O-])cc2)C(=O)C2Cc3ccccc3CN21. The lowest BCUT2D eigenvalue weighted by atomic mass is 9.94. The standard InChI is InChI=1S/C23H21N3O4/c1-2-20(27)8-5-9-22-24-15-17-7-4-3-6-16(17)14-21(24)23(28)25(22)18-10-12-19(13-11-18)26(29)30/h2-13,21-22,27H,1,14-15H2/b9-5?,20-8+. The molecule has 2 aromatic carbocycles. The Hall–Kier alpha value is -3.71. The van der Waals surface area contributed by atoms with Crippen molar-refractivity contribution in [1.82, 2.24) is 4.90 Å². The fourth-order valence-electron chi connectivity index (χ4n) is 4.02. The minimum Gasteiger partial charge on any atom is -0.508 e. The average molecular weight is 403 g/mol. The number of fused-ring (bicyclic) bond motifs is 2. The minimum atomic E-state index is -0.463. The van der Waals surface area contributed by atoms with Crippen molar-refractivity contribution < 1.29 is 14.8 Å². The number of carbonyl (C=O) groups excluding carboxylic acids is 1.